The predicted molar refractivity (Wildman–Crippen MR) is 71.1 cm³/mol. The van der Waals surface area contributed by atoms with Crippen LogP contribution in [0.5, 0.6) is 0 Å². The Balaban J connectivity index is 2.67. The van der Waals surface area contributed by atoms with Crippen LogP contribution in [0.4, 0.5) is 14.6 Å². The van der Waals surface area contributed by atoms with Gasteiger partial charge in [-0.15, -0.1) is 0 Å². The van der Waals surface area contributed by atoms with Crippen LogP contribution in [0.15, 0.2) is 18.0 Å². The highest BCUT2D eigenvalue weighted by molar-refractivity contribution is 5.63. The van der Waals surface area contributed by atoms with Gasteiger partial charge >= 0.3 is 0 Å². The van der Waals surface area contributed by atoms with Gasteiger partial charge < -0.3 is 16.8 Å². The van der Waals surface area contributed by atoms with Crippen LogP contribution in [0.25, 0.3) is 6.08 Å². The average molecular weight is 268 g/mol. The molecule has 0 saturated heterocycles. The van der Waals surface area contributed by atoms with Gasteiger partial charge in [0, 0.05) is 22.7 Å². The van der Waals surface area contributed by atoms with E-state index < -0.39 is 17.5 Å². The van der Waals surface area contributed by atoms with Crippen molar-refractivity contribution in [3.05, 3.63) is 29.1 Å². The number of halogens is 2. The third kappa shape index (κ3) is 2.16. The van der Waals surface area contributed by atoms with Gasteiger partial charge in [-0.25, -0.2) is 13.8 Å². The van der Waals surface area contributed by atoms with Gasteiger partial charge in [-0.2, -0.15) is 0 Å². The van der Waals surface area contributed by atoms with Crippen LogP contribution in [-0.2, 0) is 5.66 Å². The number of nitrogens with one attached hydrogen (secondary N) is 1. The van der Waals surface area contributed by atoms with Gasteiger partial charge in [0.25, 0.3) is 6.43 Å². The molecule has 4 nitrogen and oxygen atoms in total. The van der Waals surface area contributed by atoms with E-state index in [1.165, 1.54) is 12.3 Å². The Morgan fingerprint density at radius 1 is 1.37 bits per heavy atom. The molecule has 2 heterocycles. The summed E-state index contributed by atoms with van der Waals surface area (Å²) in [5.74, 6) is 0.313. The number of pyridine rings is 1. The fraction of sp³-hybridized carbons (Fsp3) is 0.462. The number of rotatable bonds is 1. The lowest BCUT2D eigenvalue weighted by Crippen LogP contribution is -2.60. The maximum absolute atomic E-state index is 13.0. The van der Waals surface area contributed by atoms with Gasteiger partial charge in [0.15, 0.2) is 0 Å². The average Bonchev–Trinajstić information content (AvgIpc) is 2.28. The molecule has 1 aliphatic heterocycles. The number of fused-ring (bicyclic) bond motifs is 1. The molecule has 0 aliphatic carbocycles. The molecule has 1 aromatic rings. The SMILES string of the molecule is CC(C)(C)C1(N)NC(C(F)F)=Cc2cnc(N)cc21. The largest absolute Gasteiger partial charge is 0.384 e. The van der Waals surface area contributed by atoms with E-state index in [0.29, 0.717) is 16.9 Å². The standard InChI is InChI=1S/C13H18F2N4/c1-12(2,3)13(17)8-5-10(16)18-6-7(8)4-9(19-13)11(14)15/h4-6,11,19H,17H2,1-3H3,(H2,16,18). The fourth-order valence-corrected chi connectivity index (χ4v) is 2.15. The summed E-state index contributed by atoms with van der Waals surface area (Å²) in [5.41, 5.74) is 11.5. The molecule has 0 radical (unpaired) electrons. The Morgan fingerprint density at radius 2 is 2.00 bits per heavy atom. The Hall–Kier alpha value is -1.69. The van der Waals surface area contributed by atoms with Crippen molar-refractivity contribution in [3.8, 4) is 0 Å². The van der Waals surface area contributed by atoms with Crippen molar-refractivity contribution in [2.24, 2.45) is 11.1 Å². The third-order valence-corrected chi connectivity index (χ3v) is 3.45. The second-order valence-electron chi connectivity index (χ2n) is 5.78. The van der Waals surface area contributed by atoms with Crippen molar-refractivity contribution < 1.29 is 8.78 Å². The highest BCUT2D eigenvalue weighted by Gasteiger charge is 2.44. The summed E-state index contributed by atoms with van der Waals surface area (Å²) < 4.78 is 26.0. The van der Waals surface area contributed by atoms with Crippen molar-refractivity contribution in [2.45, 2.75) is 32.9 Å². The van der Waals surface area contributed by atoms with Crippen molar-refractivity contribution in [2.75, 3.05) is 5.73 Å². The highest BCUT2D eigenvalue weighted by Crippen LogP contribution is 2.41. The molecule has 0 amide bonds. The fourth-order valence-electron chi connectivity index (χ4n) is 2.15. The summed E-state index contributed by atoms with van der Waals surface area (Å²) in [6.07, 6.45) is 0.223. The van der Waals surface area contributed by atoms with Gasteiger partial charge in [-0.05, 0) is 12.1 Å². The number of hydrogen-bond acceptors (Lipinski definition) is 4. The third-order valence-electron chi connectivity index (χ3n) is 3.45. The molecule has 2 rings (SSSR count). The number of aromatic nitrogens is 1. The number of anilines is 1. The minimum atomic E-state index is -2.61. The zero-order chi connectivity index (χ0) is 14.4. The van der Waals surface area contributed by atoms with Gasteiger partial charge in [0.2, 0.25) is 0 Å². The van der Waals surface area contributed by atoms with Crippen LogP contribution in [0.3, 0.4) is 0 Å². The second-order valence-corrected chi connectivity index (χ2v) is 5.78. The van der Waals surface area contributed by atoms with Crippen LogP contribution in [0.2, 0.25) is 0 Å². The monoisotopic (exact) mass is 268 g/mol. The molecule has 1 atom stereocenters. The molecule has 104 valence electrons. The minimum Gasteiger partial charge on any atom is -0.384 e. The van der Waals surface area contributed by atoms with Crippen LogP contribution < -0.4 is 16.8 Å². The number of nitrogens with two attached hydrogens (primary N) is 2. The smallest absolute Gasteiger partial charge is 0.278 e. The molecule has 0 bridgehead atoms. The summed E-state index contributed by atoms with van der Waals surface area (Å²) >= 11 is 0. The maximum atomic E-state index is 13.0. The molecule has 1 aromatic heterocycles. The first-order valence-corrected chi connectivity index (χ1v) is 5.98. The lowest BCUT2D eigenvalue weighted by Gasteiger charge is -2.46. The molecule has 6 heteroatoms. The first kappa shape index (κ1) is 13.7. The Bertz CT molecular complexity index is 534. The van der Waals surface area contributed by atoms with E-state index in [0.717, 1.165) is 0 Å². The summed E-state index contributed by atoms with van der Waals surface area (Å²) in [5, 5.41) is 2.76. The van der Waals surface area contributed by atoms with Gasteiger partial charge in [-0.1, -0.05) is 20.8 Å². The van der Waals surface area contributed by atoms with Gasteiger partial charge in [-0.3, -0.25) is 0 Å². The van der Waals surface area contributed by atoms with Crippen LogP contribution in [0.1, 0.15) is 31.9 Å². The molecule has 1 unspecified atom stereocenters. The van der Waals surface area contributed by atoms with Crippen molar-refractivity contribution in [3.63, 3.8) is 0 Å². The first-order chi connectivity index (χ1) is 8.65. The Morgan fingerprint density at radius 3 is 2.53 bits per heavy atom. The molecule has 1 aliphatic rings. The van der Waals surface area contributed by atoms with Gasteiger partial charge in [0.05, 0.1) is 5.70 Å². The van der Waals surface area contributed by atoms with Gasteiger partial charge in [0.1, 0.15) is 11.5 Å². The quantitative estimate of drug-likeness (QED) is 0.728. The highest BCUT2D eigenvalue weighted by atomic mass is 19.3. The summed E-state index contributed by atoms with van der Waals surface area (Å²) in [4.78, 5) is 3.94. The zero-order valence-electron chi connectivity index (χ0n) is 11.2. The molecule has 0 aromatic carbocycles. The van der Waals surface area contributed by atoms with E-state index in [4.69, 9.17) is 11.5 Å². The lowest BCUT2D eigenvalue weighted by molar-refractivity contribution is 0.117. The van der Waals surface area contributed by atoms with Crippen molar-refractivity contribution in [1.29, 1.82) is 0 Å². The number of hydrogen-bond donors (Lipinski definition) is 3. The van der Waals surface area contributed by atoms with Crippen LogP contribution in [0, 0.1) is 5.41 Å². The first-order valence-electron chi connectivity index (χ1n) is 5.98. The zero-order valence-corrected chi connectivity index (χ0v) is 11.2. The maximum Gasteiger partial charge on any atom is 0.278 e. The van der Waals surface area contributed by atoms with E-state index in [2.05, 4.69) is 10.3 Å². The number of nitrogen functional groups attached to an aromatic ring is 1. The summed E-state index contributed by atoms with van der Waals surface area (Å²) in [6.45, 7) is 5.65. The molecule has 5 N–H and O–H groups in total. The van der Waals surface area contributed by atoms with E-state index in [1.54, 1.807) is 6.07 Å². The van der Waals surface area contributed by atoms with E-state index in [1.807, 2.05) is 20.8 Å². The van der Waals surface area contributed by atoms with Crippen molar-refractivity contribution >= 4 is 11.9 Å². The topological polar surface area (TPSA) is 77.0 Å². The summed E-state index contributed by atoms with van der Waals surface area (Å²) in [6, 6.07) is 1.63. The minimum absolute atomic E-state index is 0.198. The number of alkyl halides is 2. The molecule has 0 spiro atoms. The normalized spacial score (nSPS) is 22.8. The van der Waals surface area contributed by atoms with Crippen LogP contribution >= 0.6 is 0 Å². The predicted octanol–water partition coefficient (Wildman–Crippen LogP) is 2.03. The van der Waals surface area contributed by atoms with Crippen molar-refractivity contribution in [1.82, 2.24) is 10.3 Å². The number of allylic oxidation sites excluding steroid dienone is 1. The molecule has 0 fully saturated rings. The lowest BCUT2D eigenvalue weighted by atomic mass is 9.73. The Kier molecular flexibility index (Phi) is 3.01. The molecular formula is C13H18F2N4. The summed E-state index contributed by atoms with van der Waals surface area (Å²) in [7, 11) is 0. The second kappa shape index (κ2) is 4.16. The van der Waals surface area contributed by atoms with E-state index in [-0.39, 0.29) is 5.70 Å². The Labute approximate surface area is 110 Å². The van der Waals surface area contributed by atoms with E-state index >= 15 is 0 Å². The van der Waals surface area contributed by atoms with E-state index in [9.17, 15) is 8.78 Å². The molecular weight excluding hydrogens is 250 g/mol. The molecule has 0 saturated carbocycles. The number of nitrogens with zero attached hydrogens (tertiary/aromatic N) is 1. The molecule has 19 heavy (non-hydrogen) atoms. The van der Waals surface area contributed by atoms with Crippen LogP contribution in [-0.4, -0.2) is 11.4 Å².